The summed E-state index contributed by atoms with van der Waals surface area (Å²) in [5, 5.41) is 7.21. The van der Waals surface area contributed by atoms with Crippen molar-refractivity contribution in [2.24, 2.45) is 0 Å². The summed E-state index contributed by atoms with van der Waals surface area (Å²) in [6, 6.07) is 4.60. The second-order valence-corrected chi connectivity index (χ2v) is 5.61. The van der Waals surface area contributed by atoms with Gasteiger partial charge in [0.1, 0.15) is 5.25 Å². The first-order valence-electron chi connectivity index (χ1n) is 4.50. The van der Waals surface area contributed by atoms with Crippen LogP contribution in [-0.2, 0) is 16.0 Å². The fraction of sp³-hybridized carbons (Fsp3) is 0.300. The van der Waals surface area contributed by atoms with E-state index in [0.717, 1.165) is 12.1 Å². The lowest BCUT2D eigenvalue weighted by atomic mass is 10.2. The van der Waals surface area contributed by atoms with Gasteiger partial charge in [0.25, 0.3) is 0 Å². The van der Waals surface area contributed by atoms with Crippen molar-refractivity contribution in [3.63, 3.8) is 0 Å². The van der Waals surface area contributed by atoms with E-state index >= 15 is 0 Å². The number of nitrogens with zero attached hydrogens (tertiary/aromatic N) is 1. The molecule has 0 aliphatic carbocycles. The molecular formula is C10H8F3NO2S. The Balaban J connectivity index is 3.18. The van der Waals surface area contributed by atoms with E-state index in [9.17, 15) is 21.6 Å². The maximum absolute atomic E-state index is 12.2. The van der Waals surface area contributed by atoms with Crippen LogP contribution in [0.3, 0.4) is 0 Å². The SMILES string of the molecule is CC(C#N)S(=O)(=O)c1ccc(C(F)(F)F)cc1. The second kappa shape index (κ2) is 4.37. The molecular weight excluding hydrogens is 255 g/mol. The first-order chi connectivity index (χ1) is 7.69. The minimum Gasteiger partial charge on any atom is -0.222 e. The van der Waals surface area contributed by atoms with Crippen LogP contribution in [0.25, 0.3) is 0 Å². The van der Waals surface area contributed by atoms with Crippen LogP contribution in [0.5, 0.6) is 0 Å². The predicted molar refractivity (Wildman–Crippen MR) is 53.7 cm³/mol. The molecule has 0 N–H and O–H groups in total. The smallest absolute Gasteiger partial charge is 0.222 e. The molecule has 7 heteroatoms. The number of halogens is 3. The van der Waals surface area contributed by atoms with Crippen LogP contribution in [0, 0.1) is 11.3 Å². The zero-order chi connectivity index (χ0) is 13.3. The van der Waals surface area contributed by atoms with Gasteiger partial charge in [-0.3, -0.25) is 0 Å². The third kappa shape index (κ3) is 2.77. The molecule has 0 amide bonds. The van der Waals surface area contributed by atoms with Crippen LogP contribution in [0.1, 0.15) is 12.5 Å². The zero-order valence-electron chi connectivity index (χ0n) is 8.69. The quantitative estimate of drug-likeness (QED) is 0.823. The molecule has 1 atom stereocenters. The number of hydrogen-bond donors (Lipinski definition) is 0. The highest BCUT2D eigenvalue weighted by Gasteiger charge is 2.31. The maximum atomic E-state index is 12.2. The van der Waals surface area contributed by atoms with E-state index in [-0.39, 0.29) is 4.90 Å². The summed E-state index contributed by atoms with van der Waals surface area (Å²) in [4.78, 5) is -0.292. The average Bonchev–Trinajstić information content (AvgIpc) is 2.27. The molecule has 0 fully saturated rings. The lowest BCUT2D eigenvalue weighted by Crippen LogP contribution is -2.16. The van der Waals surface area contributed by atoms with Crippen LogP contribution < -0.4 is 0 Å². The molecule has 0 spiro atoms. The standard InChI is InChI=1S/C10H8F3NO2S/c1-7(6-14)17(15,16)9-4-2-8(3-5-9)10(11,12)13/h2-5,7H,1H3. The topological polar surface area (TPSA) is 57.9 Å². The van der Waals surface area contributed by atoms with Gasteiger partial charge in [0.15, 0.2) is 9.84 Å². The molecule has 0 saturated heterocycles. The lowest BCUT2D eigenvalue weighted by Gasteiger charge is -2.09. The Morgan fingerprint density at radius 3 is 2.06 bits per heavy atom. The Hall–Kier alpha value is -1.55. The Kier molecular flexibility index (Phi) is 3.48. The number of alkyl halides is 3. The zero-order valence-corrected chi connectivity index (χ0v) is 9.51. The molecule has 0 aromatic heterocycles. The fourth-order valence-corrected chi connectivity index (χ4v) is 2.17. The molecule has 0 aliphatic heterocycles. The van der Waals surface area contributed by atoms with Crippen molar-refractivity contribution in [2.75, 3.05) is 0 Å². The molecule has 0 radical (unpaired) electrons. The second-order valence-electron chi connectivity index (χ2n) is 3.34. The molecule has 3 nitrogen and oxygen atoms in total. The van der Waals surface area contributed by atoms with Crippen LogP contribution in [-0.4, -0.2) is 13.7 Å². The average molecular weight is 263 g/mol. The molecule has 1 aromatic rings. The van der Waals surface area contributed by atoms with E-state index in [1.165, 1.54) is 13.0 Å². The van der Waals surface area contributed by atoms with E-state index in [4.69, 9.17) is 5.26 Å². The van der Waals surface area contributed by atoms with Gasteiger partial charge in [-0.15, -0.1) is 0 Å². The van der Waals surface area contributed by atoms with E-state index in [2.05, 4.69) is 0 Å². The molecule has 0 heterocycles. The molecule has 17 heavy (non-hydrogen) atoms. The summed E-state index contributed by atoms with van der Waals surface area (Å²) >= 11 is 0. The van der Waals surface area contributed by atoms with Gasteiger partial charge in [-0.2, -0.15) is 18.4 Å². The third-order valence-electron chi connectivity index (χ3n) is 2.16. The van der Waals surface area contributed by atoms with Gasteiger partial charge >= 0.3 is 6.18 Å². The van der Waals surface area contributed by atoms with Gasteiger partial charge < -0.3 is 0 Å². The van der Waals surface area contributed by atoms with E-state index in [1.807, 2.05) is 0 Å². The van der Waals surface area contributed by atoms with Crippen LogP contribution in [0.2, 0.25) is 0 Å². The number of rotatable bonds is 2. The molecule has 0 saturated carbocycles. The highest BCUT2D eigenvalue weighted by molar-refractivity contribution is 7.92. The van der Waals surface area contributed by atoms with Crippen LogP contribution in [0.15, 0.2) is 29.2 Å². The summed E-state index contributed by atoms with van der Waals surface area (Å²) in [7, 11) is -3.88. The Labute approximate surface area is 96.4 Å². The molecule has 0 bridgehead atoms. The van der Waals surface area contributed by atoms with Gasteiger partial charge in [0.2, 0.25) is 0 Å². The highest BCUT2D eigenvalue weighted by Crippen LogP contribution is 2.30. The van der Waals surface area contributed by atoms with Gasteiger partial charge in [-0.25, -0.2) is 8.42 Å². The summed E-state index contributed by atoms with van der Waals surface area (Å²) in [6.07, 6.45) is -4.51. The number of nitriles is 1. The first kappa shape index (κ1) is 13.5. The summed E-state index contributed by atoms with van der Waals surface area (Å²) < 4.78 is 60.0. The van der Waals surface area contributed by atoms with Crippen molar-refractivity contribution in [1.29, 1.82) is 5.26 Å². The van der Waals surface area contributed by atoms with Crippen molar-refractivity contribution in [3.05, 3.63) is 29.8 Å². The fourth-order valence-electron chi connectivity index (χ4n) is 1.11. The molecule has 1 unspecified atom stereocenters. The molecule has 1 rings (SSSR count). The number of hydrogen-bond acceptors (Lipinski definition) is 3. The number of benzene rings is 1. The van der Waals surface area contributed by atoms with Gasteiger partial charge in [-0.1, -0.05) is 0 Å². The van der Waals surface area contributed by atoms with Crippen molar-refractivity contribution < 1.29 is 21.6 Å². The van der Waals surface area contributed by atoms with E-state index < -0.39 is 26.8 Å². The Bertz CT molecular complexity index is 540. The van der Waals surface area contributed by atoms with Gasteiger partial charge in [-0.05, 0) is 31.2 Å². The lowest BCUT2D eigenvalue weighted by molar-refractivity contribution is -0.137. The van der Waals surface area contributed by atoms with Crippen molar-refractivity contribution >= 4 is 9.84 Å². The van der Waals surface area contributed by atoms with Crippen molar-refractivity contribution in [2.45, 2.75) is 23.2 Å². The molecule has 0 aliphatic rings. The van der Waals surface area contributed by atoms with Crippen molar-refractivity contribution in [3.8, 4) is 6.07 Å². The summed E-state index contributed by atoms with van der Waals surface area (Å²) in [6.45, 7) is 1.17. The summed E-state index contributed by atoms with van der Waals surface area (Å²) in [5.74, 6) is 0. The van der Waals surface area contributed by atoms with Gasteiger partial charge in [0, 0.05) is 0 Å². The maximum Gasteiger partial charge on any atom is 0.416 e. The largest absolute Gasteiger partial charge is 0.416 e. The summed E-state index contributed by atoms with van der Waals surface area (Å²) in [5.41, 5.74) is -0.930. The normalized spacial score (nSPS) is 14.1. The Morgan fingerprint density at radius 2 is 1.71 bits per heavy atom. The minimum atomic E-state index is -4.51. The monoisotopic (exact) mass is 263 g/mol. The predicted octanol–water partition coefficient (Wildman–Crippen LogP) is 2.39. The Morgan fingerprint density at radius 1 is 1.24 bits per heavy atom. The van der Waals surface area contributed by atoms with Crippen LogP contribution in [0.4, 0.5) is 13.2 Å². The van der Waals surface area contributed by atoms with E-state index in [0.29, 0.717) is 12.1 Å². The highest BCUT2D eigenvalue weighted by atomic mass is 32.2. The molecule has 1 aromatic carbocycles. The van der Waals surface area contributed by atoms with E-state index in [1.54, 1.807) is 0 Å². The van der Waals surface area contributed by atoms with Gasteiger partial charge in [0.05, 0.1) is 16.5 Å². The van der Waals surface area contributed by atoms with Crippen LogP contribution >= 0.6 is 0 Å². The third-order valence-corrected chi connectivity index (χ3v) is 4.12. The number of sulfone groups is 1. The van der Waals surface area contributed by atoms with Crippen molar-refractivity contribution in [1.82, 2.24) is 0 Å². The first-order valence-corrected chi connectivity index (χ1v) is 6.05. The molecule has 92 valence electrons. The minimum absolute atomic E-state index is 0.292.